The number of carbonyl (C=O) groups is 1. The summed E-state index contributed by atoms with van der Waals surface area (Å²) in [5.74, 6) is -0.196. The van der Waals surface area contributed by atoms with E-state index < -0.39 is 5.54 Å². The van der Waals surface area contributed by atoms with Gasteiger partial charge < -0.3 is 15.8 Å². The highest BCUT2D eigenvalue weighted by atomic mass is 16.5. The average molecular weight is 212 g/mol. The SMILES string of the molecule is NC(=O)C1(NCC2CCCO2)CCCC1. The summed E-state index contributed by atoms with van der Waals surface area (Å²) in [4.78, 5) is 11.4. The van der Waals surface area contributed by atoms with E-state index in [1.54, 1.807) is 0 Å². The van der Waals surface area contributed by atoms with Gasteiger partial charge in [-0.15, -0.1) is 0 Å². The Labute approximate surface area is 90.5 Å². The lowest BCUT2D eigenvalue weighted by atomic mass is 9.96. The first-order valence-electron chi connectivity index (χ1n) is 5.89. The van der Waals surface area contributed by atoms with Crippen molar-refractivity contribution in [2.75, 3.05) is 13.2 Å². The predicted molar refractivity (Wildman–Crippen MR) is 57.4 cm³/mol. The fourth-order valence-electron chi connectivity index (χ4n) is 2.60. The first kappa shape index (κ1) is 10.9. The number of nitrogens with one attached hydrogen (secondary N) is 1. The van der Waals surface area contributed by atoms with Crippen LogP contribution in [-0.2, 0) is 9.53 Å². The van der Waals surface area contributed by atoms with E-state index in [9.17, 15) is 4.79 Å². The first-order chi connectivity index (χ1) is 7.23. The zero-order chi connectivity index (χ0) is 10.7. The maximum Gasteiger partial charge on any atom is 0.237 e. The van der Waals surface area contributed by atoms with Crippen LogP contribution in [0.1, 0.15) is 38.5 Å². The highest BCUT2D eigenvalue weighted by Gasteiger charge is 2.39. The van der Waals surface area contributed by atoms with Crippen molar-refractivity contribution in [1.29, 1.82) is 0 Å². The van der Waals surface area contributed by atoms with E-state index >= 15 is 0 Å². The van der Waals surface area contributed by atoms with Gasteiger partial charge in [-0.3, -0.25) is 4.79 Å². The molecular formula is C11H20N2O2. The molecule has 1 saturated carbocycles. The van der Waals surface area contributed by atoms with E-state index in [1.165, 1.54) is 0 Å². The molecule has 0 bridgehead atoms. The first-order valence-corrected chi connectivity index (χ1v) is 5.89. The molecule has 2 aliphatic rings. The fraction of sp³-hybridized carbons (Fsp3) is 0.909. The molecule has 0 radical (unpaired) electrons. The summed E-state index contributed by atoms with van der Waals surface area (Å²) in [5.41, 5.74) is 5.04. The Hall–Kier alpha value is -0.610. The van der Waals surface area contributed by atoms with Gasteiger partial charge in [-0.05, 0) is 25.7 Å². The summed E-state index contributed by atoms with van der Waals surface area (Å²) in [7, 11) is 0. The largest absolute Gasteiger partial charge is 0.377 e. The average Bonchev–Trinajstić information content (AvgIpc) is 2.87. The van der Waals surface area contributed by atoms with E-state index in [-0.39, 0.29) is 12.0 Å². The molecule has 1 unspecified atom stereocenters. The normalized spacial score (nSPS) is 29.5. The smallest absolute Gasteiger partial charge is 0.237 e. The monoisotopic (exact) mass is 212 g/mol. The maximum atomic E-state index is 11.4. The Morgan fingerprint density at radius 3 is 2.67 bits per heavy atom. The molecule has 3 N–H and O–H groups in total. The van der Waals surface area contributed by atoms with Crippen molar-refractivity contribution in [3.63, 3.8) is 0 Å². The number of nitrogens with two attached hydrogens (primary N) is 1. The van der Waals surface area contributed by atoms with Crippen LogP contribution < -0.4 is 11.1 Å². The third kappa shape index (κ3) is 2.32. The molecule has 4 nitrogen and oxygen atoms in total. The van der Waals surface area contributed by atoms with Gasteiger partial charge in [-0.2, -0.15) is 0 Å². The summed E-state index contributed by atoms with van der Waals surface area (Å²) < 4.78 is 5.52. The van der Waals surface area contributed by atoms with Crippen LogP contribution in [0.25, 0.3) is 0 Å². The second-order valence-corrected chi connectivity index (χ2v) is 4.67. The van der Waals surface area contributed by atoms with Crippen LogP contribution >= 0.6 is 0 Å². The summed E-state index contributed by atoms with van der Waals surface area (Å²) in [5, 5.41) is 3.34. The Morgan fingerprint density at radius 2 is 2.13 bits per heavy atom. The molecular weight excluding hydrogens is 192 g/mol. The van der Waals surface area contributed by atoms with Crippen LogP contribution in [0.15, 0.2) is 0 Å². The van der Waals surface area contributed by atoms with Crippen LogP contribution in [0.5, 0.6) is 0 Å². The number of rotatable bonds is 4. The second-order valence-electron chi connectivity index (χ2n) is 4.67. The lowest BCUT2D eigenvalue weighted by molar-refractivity contribution is -0.124. The van der Waals surface area contributed by atoms with Crippen LogP contribution in [0.3, 0.4) is 0 Å². The molecule has 1 aliphatic carbocycles. The van der Waals surface area contributed by atoms with Crippen molar-refractivity contribution in [2.45, 2.75) is 50.2 Å². The molecule has 4 heteroatoms. The number of primary amides is 1. The minimum Gasteiger partial charge on any atom is -0.377 e. The highest BCUT2D eigenvalue weighted by Crippen LogP contribution is 2.29. The van der Waals surface area contributed by atoms with Gasteiger partial charge in [0.25, 0.3) is 0 Å². The van der Waals surface area contributed by atoms with Crippen LogP contribution in [0.2, 0.25) is 0 Å². The lowest BCUT2D eigenvalue weighted by Crippen LogP contribution is -2.55. The van der Waals surface area contributed by atoms with Gasteiger partial charge in [0.1, 0.15) is 0 Å². The third-order valence-electron chi connectivity index (χ3n) is 3.62. The molecule has 1 atom stereocenters. The molecule has 0 aromatic carbocycles. The summed E-state index contributed by atoms with van der Waals surface area (Å²) in [6.07, 6.45) is 6.48. The van der Waals surface area contributed by atoms with Crippen molar-refractivity contribution < 1.29 is 9.53 Å². The second kappa shape index (κ2) is 4.49. The van der Waals surface area contributed by atoms with E-state index in [4.69, 9.17) is 10.5 Å². The van der Waals surface area contributed by atoms with E-state index in [2.05, 4.69) is 5.32 Å². The van der Waals surface area contributed by atoms with Crippen LogP contribution in [-0.4, -0.2) is 30.7 Å². The minimum atomic E-state index is -0.439. The third-order valence-corrected chi connectivity index (χ3v) is 3.62. The van der Waals surface area contributed by atoms with Gasteiger partial charge in [0.15, 0.2) is 0 Å². The van der Waals surface area contributed by atoms with Crippen LogP contribution in [0, 0.1) is 0 Å². The van der Waals surface area contributed by atoms with Crippen molar-refractivity contribution in [3.05, 3.63) is 0 Å². The van der Waals surface area contributed by atoms with Gasteiger partial charge >= 0.3 is 0 Å². The van der Waals surface area contributed by atoms with E-state index in [0.29, 0.717) is 0 Å². The van der Waals surface area contributed by atoms with Crippen LogP contribution in [0.4, 0.5) is 0 Å². The van der Waals surface area contributed by atoms with Crippen molar-refractivity contribution in [1.82, 2.24) is 5.32 Å². The molecule has 2 rings (SSSR count). The Kier molecular flexibility index (Phi) is 3.26. The molecule has 2 fully saturated rings. The van der Waals surface area contributed by atoms with Crippen molar-refractivity contribution in [3.8, 4) is 0 Å². The Balaban J connectivity index is 1.86. The number of hydrogen-bond donors (Lipinski definition) is 2. The summed E-state index contributed by atoms with van der Waals surface area (Å²) in [6.45, 7) is 1.62. The molecule has 15 heavy (non-hydrogen) atoms. The topological polar surface area (TPSA) is 64.4 Å². The summed E-state index contributed by atoms with van der Waals surface area (Å²) in [6, 6.07) is 0. The standard InChI is InChI=1S/C11H20N2O2/c12-10(14)11(5-1-2-6-11)13-8-9-4-3-7-15-9/h9,13H,1-8H2,(H2,12,14). The highest BCUT2D eigenvalue weighted by molar-refractivity contribution is 5.85. The van der Waals surface area contributed by atoms with Gasteiger partial charge in [0.2, 0.25) is 5.91 Å². The molecule has 1 amide bonds. The molecule has 0 aromatic rings. The van der Waals surface area contributed by atoms with Gasteiger partial charge in [-0.1, -0.05) is 12.8 Å². The van der Waals surface area contributed by atoms with E-state index in [0.717, 1.165) is 51.7 Å². The lowest BCUT2D eigenvalue weighted by Gasteiger charge is -2.28. The predicted octanol–water partition coefficient (Wildman–Crippen LogP) is 0.553. The maximum absolute atomic E-state index is 11.4. The Morgan fingerprint density at radius 1 is 1.40 bits per heavy atom. The molecule has 0 spiro atoms. The minimum absolute atomic E-state index is 0.196. The zero-order valence-electron chi connectivity index (χ0n) is 9.13. The van der Waals surface area contributed by atoms with E-state index in [1.807, 2.05) is 0 Å². The van der Waals surface area contributed by atoms with Crippen molar-refractivity contribution >= 4 is 5.91 Å². The molecule has 0 aromatic heterocycles. The Bertz CT molecular complexity index is 231. The van der Waals surface area contributed by atoms with Gasteiger partial charge in [-0.25, -0.2) is 0 Å². The zero-order valence-corrected chi connectivity index (χ0v) is 9.13. The number of ether oxygens (including phenoxy) is 1. The molecule has 1 saturated heterocycles. The number of hydrogen-bond acceptors (Lipinski definition) is 3. The molecule has 1 aliphatic heterocycles. The van der Waals surface area contributed by atoms with Gasteiger partial charge in [0, 0.05) is 13.2 Å². The molecule has 86 valence electrons. The summed E-state index contributed by atoms with van der Waals surface area (Å²) >= 11 is 0. The van der Waals surface area contributed by atoms with Gasteiger partial charge in [0.05, 0.1) is 11.6 Å². The van der Waals surface area contributed by atoms with Crippen molar-refractivity contribution in [2.24, 2.45) is 5.73 Å². The fourth-order valence-corrected chi connectivity index (χ4v) is 2.60. The molecule has 1 heterocycles. The number of carbonyl (C=O) groups excluding carboxylic acids is 1. The quantitative estimate of drug-likeness (QED) is 0.715. The number of amides is 1.